The summed E-state index contributed by atoms with van der Waals surface area (Å²) >= 11 is 0. The molecule has 0 N–H and O–H groups in total. The maximum Gasteiger partial charge on any atom is 1.00 e. The van der Waals surface area contributed by atoms with Gasteiger partial charge in [-0.3, -0.25) is 0 Å². The van der Waals surface area contributed by atoms with Crippen molar-refractivity contribution in [1.82, 2.24) is 0 Å². The van der Waals surface area contributed by atoms with E-state index in [-0.39, 0.29) is 124 Å². The molecule has 11 nitrogen and oxygen atoms in total. The Labute approximate surface area is 511 Å². The van der Waals surface area contributed by atoms with E-state index in [1.165, 1.54) is 0 Å². The summed E-state index contributed by atoms with van der Waals surface area (Å²) < 4.78 is 431. The number of rotatable bonds is 2. The number of ether oxygens (including phenoxy) is 6. The van der Waals surface area contributed by atoms with Crippen LogP contribution in [-0.2, 0) is 72.9 Å². The molecule has 38 heteroatoms. The minimum Gasteiger partial charge on any atom is 1.00 e. The fourth-order valence-electron chi connectivity index (χ4n) is 10.7. The topological polar surface area (TPSA) is 102 Å². The molecule has 5 heterocycles. The Morgan fingerprint density at radius 3 is 0.744 bits per heavy atom. The standard InChI is InChI=1S/C36H16F24O5PSi.C12H24O6.K/c37-29(38,39)25(30(40,41)42)17-9-1-5-13-21(17)66(61-25,22-14-6-2-10-18(22)26(62-66,31(43,44)45)32(46,47)48)65-67(23-15-7-3-11-19(23)27(63-67,33(49,50)51)34(52,53)54)24-16-8-4-12-20(24)28(64-67,35(55,56)57)36(58,59)60;1-2-14-5-6-16-9-10-18-12-11-17-8-7-15-4-3-13-1;/h1-16H;1-12H2;/q-1;;+1. The monoisotopic (exact) mass is 1350 g/mol. The van der Waals surface area contributed by atoms with Crippen LogP contribution in [0.3, 0.4) is 0 Å². The fraction of sp³-hybridized carbons (Fsp3) is 0.500. The van der Waals surface area contributed by atoms with Gasteiger partial charge >= 0.3 is 406 Å². The van der Waals surface area contributed by atoms with Crippen molar-refractivity contribution in [2.45, 2.75) is 71.8 Å². The van der Waals surface area contributed by atoms with E-state index >= 15 is 105 Å². The number of hydrogen-bond acceptors (Lipinski definition) is 11. The number of fused-ring (bicyclic) bond motifs is 8. The zero-order valence-corrected chi connectivity index (χ0v) is 48.2. The van der Waals surface area contributed by atoms with Crippen LogP contribution in [0.15, 0.2) is 97.1 Å². The van der Waals surface area contributed by atoms with Crippen molar-refractivity contribution >= 4 is 36.3 Å². The first-order valence-corrected chi connectivity index (χ1v) is 28.4. The van der Waals surface area contributed by atoms with E-state index in [1.807, 2.05) is 0 Å². The molecule has 0 amide bonds. The average molecular weight is 1350 g/mol. The second-order valence-electron chi connectivity index (χ2n) is 18.9. The molecule has 1 fully saturated rings. The van der Waals surface area contributed by atoms with Crippen LogP contribution in [0, 0.1) is 0 Å². The smallest absolute Gasteiger partial charge is 1.00 e. The maximum absolute atomic E-state index is 15.6. The van der Waals surface area contributed by atoms with Gasteiger partial charge in [-0.2, -0.15) is 0 Å². The molecule has 476 valence electrons. The van der Waals surface area contributed by atoms with Crippen LogP contribution < -0.4 is 72.4 Å². The molecule has 0 saturated carbocycles. The Bertz CT molecular complexity index is 2580. The van der Waals surface area contributed by atoms with Gasteiger partial charge in [-0.25, -0.2) is 0 Å². The van der Waals surface area contributed by atoms with Crippen molar-refractivity contribution in [3.8, 4) is 0 Å². The minimum atomic E-state index is -10.1. The number of hydrogen-bond donors (Lipinski definition) is 0. The molecule has 0 bridgehead atoms. The van der Waals surface area contributed by atoms with Crippen LogP contribution in [-0.4, -0.2) is 137 Å². The summed E-state index contributed by atoms with van der Waals surface area (Å²) in [6, 6.07) is -1.81. The third-order valence-corrected chi connectivity index (χ3v) is 24.4. The van der Waals surface area contributed by atoms with Crippen LogP contribution in [0.5, 0.6) is 0 Å². The van der Waals surface area contributed by atoms with Gasteiger partial charge < -0.3 is 28.4 Å². The van der Waals surface area contributed by atoms with Gasteiger partial charge in [0.2, 0.25) is 0 Å². The van der Waals surface area contributed by atoms with Crippen molar-refractivity contribution in [3.05, 3.63) is 119 Å². The van der Waals surface area contributed by atoms with Gasteiger partial charge in [0.1, 0.15) is 0 Å². The third-order valence-electron chi connectivity index (χ3n) is 14.0. The predicted molar refractivity (Wildman–Crippen MR) is 242 cm³/mol. The minimum absolute atomic E-state index is 0. The van der Waals surface area contributed by atoms with Gasteiger partial charge in [0, 0.05) is 0 Å². The van der Waals surface area contributed by atoms with E-state index in [0.29, 0.717) is 79.3 Å². The zero-order chi connectivity index (χ0) is 63.1. The molecular formula is C48H40F24KO11PSi. The summed E-state index contributed by atoms with van der Waals surface area (Å²) in [5, 5.41) is -10.4. The summed E-state index contributed by atoms with van der Waals surface area (Å²) in [6.07, 6.45) is -59.0. The third kappa shape index (κ3) is 10.4. The first-order valence-electron chi connectivity index (χ1n) is 24.2. The van der Waals surface area contributed by atoms with E-state index in [0.717, 1.165) is 0 Å². The quantitative estimate of drug-likeness (QED) is 0.111. The first-order chi connectivity index (χ1) is 39.1. The van der Waals surface area contributed by atoms with Crippen molar-refractivity contribution in [2.75, 3.05) is 79.3 Å². The van der Waals surface area contributed by atoms with Crippen LogP contribution >= 0.6 is 7.28 Å². The summed E-state index contributed by atoms with van der Waals surface area (Å²) in [5.74, 6) is 0. The molecule has 86 heavy (non-hydrogen) atoms. The average Bonchev–Trinajstić information content (AvgIpc) is 1.43. The molecule has 2 spiro atoms. The van der Waals surface area contributed by atoms with E-state index in [4.69, 9.17) is 32.6 Å². The molecule has 0 aromatic heterocycles. The van der Waals surface area contributed by atoms with Crippen molar-refractivity contribution in [3.63, 3.8) is 0 Å². The normalized spacial score (nSPS) is 23.9. The predicted octanol–water partition coefficient (Wildman–Crippen LogP) is 8.16. The van der Waals surface area contributed by atoms with Crippen molar-refractivity contribution in [2.24, 2.45) is 0 Å². The van der Waals surface area contributed by atoms with E-state index in [2.05, 4.69) is 17.9 Å². The van der Waals surface area contributed by atoms with E-state index in [1.54, 1.807) is 0 Å². The van der Waals surface area contributed by atoms with Crippen LogP contribution in [0.1, 0.15) is 22.3 Å². The van der Waals surface area contributed by atoms with Gasteiger partial charge in [-0.05, 0) is 0 Å². The Morgan fingerprint density at radius 2 is 0.512 bits per heavy atom. The molecule has 9 rings (SSSR count). The molecule has 0 unspecified atom stereocenters. The van der Waals surface area contributed by atoms with Crippen molar-refractivity contribution < 1.29 is 207 Å². The maximum atomic E-state index is 15.6. The SMILES string of the molecule is C1COCCOCCOCCOCCOCCO1.FC(F)(F)C1(C(F)(F)F)O[Si-]2(OP34(OC(C(F)(F)F)(C(F)(F)F)c5ccccc53)OC(C(F)(F)F)(C(F)(F)F)c3ccccc34)(OC(C(F)(F)F)(C(F)(F)F)c3ccccc32)c2ccccc21.[K+]. The second kappa shape index (κ2) is 23.3. The van der Waals surface area contributed by atoms with Gasteiger partial charge in [0.15, 0.2) is 0 Å². The van der Waals surface area contributed by atoms with E-state index in [9.17, 15) is 0 Å². The molecular weight excluding hydrogens is 1310 g/mol. The van der Waals surface area contributed by atoms with Crippen LogP contribution in [0.25, 0.3) is 0 Å². The van der Waals surface area contributed by atoms with Crippen molar-refractivity contribution in [1.29, 1.82) is 0 Å². The fourth-order valence-corrected chi connectivity index (χ4v) is 24.4. The van der Waals surface area contributed by atoms with Gasteiger partial charge in [-0.15, -0.1) is 0 Å². The van der Waals surface area contributed by atoms with Crippen LogP contribution in [0.2, 0.25) is 0 Å². The van der Waals surface area contributed by atoms with Gasteiger partial charge in [-0.1, -0.05) is 0 Å². The Morgan fingerprint density at radius 1 is 0.302 bits per heavy atom. The Hall–Kier alpha value is -2.96. The molecule has 5 aliphatic heterocycles. The molecule has 5 aliphatic rings. The largest absolute Gasteiger partial charge is 1.00 e. The van der Waals surface area contributed by atoms with E-state index < -0.39 is 155 Å². The van der Waals surface area contributed by atoms with Crippen LogP contribution in [0.4, 0.5) is 105 Å². The first kappa shape index (κ1) is 70.5. The summed E-state index contributed by atoms with van der Waals surface area (Å²) in [7, 11) is -19.6. The number of benzene rings is 4. The van der Waals surface area contributed by atoms with Gasteiger partial charge in [0.25, 0.3) is 0 Å². The number of halogens is 24. The molecule has 1 saturated heterocycles. The molecule has 4 aromatic carbocycles. The molecule has 0 radical (unpaired) electrons. The molecule has 0 atom stereocenters. The number of alkyl halides is 24. The Kier molecular flexibility index (Phi) is 19.1. The Balaban J connectivity index is 0.000000478. The van der Waals surface area contributed by atoms with Gasteiger partial charge in [0.05, 0.1) is 79.3 Å². The molecule has 0 aliphatic carbocycles. The second-order valence-corrected chi connectivity index (χ2v) is 26.1. The molecule has 4 aromatic rings. The summed E-state index contributed by atoms with van der Waals surface area (Å²) in [5.41, 5.74) is -37.4. The summed E-state index contributed by atoms with van der Waals surface area (Å²) in [6.45, 7) is 7.04. The zero-order valence-electron chi connectivity index (χ0n) is 43.2. The summed E-state index contributed by atoms with van der Waals surface area (Å²) in [4.78, 5) is 0.